The topological polar surface area (TPSA) is 75.6 Å². The fourth-order valence-electron chi connectivity index (χ4n) is 1.69. The zero-order valence-corrected chi connectivity index (χ0v) is 9.95. The predicted molar refractivity (Wildman–Crippen MR) is 58.1 cm³/mol. The molecule has 1 fully saturated rings. The van der Waals surface area contributed by atoms with Gasteiger partial charge < -0.3 is 15.2 Å². The molecule has 1 rings (SSSR count). The lowest BCUT2D eigenvalue weighted by atomic mass is 9.77. The average Bonchev–Trinajstić information content (AvgIpc) is 2.06. The van der Waals surface area contributed by atoms with Crippen molar-refractivity contribution in [2.45, 2.75) is 51.7 Å². The molecule has 0 spiro atoms. The second-order valence-corrected chi connectivity index (χ2v) is 5.19. The minimum Gasteiger partial charge on any atom is -0.481 e. The highest BCUT2D eigenvalue weighted by atomic mass is 16.6. The number of carboxylic acid groups (broad SMARTS) is 1. The number of nitrogens with one attached hydrogen (secondary N) is 1. The molecule has 0 heterocycles. The zero-order valence-electron chi connectivity index (χ0n) is 9.95. The Balaban J connectivity index is 2.32. The number of aliphatic carboxylic acids is 1. The molecule has 0 radical (unpaired) electrons. The highest BCUT2D eigenvalue weighted by Gasteiger charge is 2.34. The number of hydrogen-bond donors (Lipinski definition) is 2. The molecule has 0 unspecified atom stereocenters. The van der Waals surface area contributed by atoms with Gasteiger partial charge in [0.15, 0.2) is 0 Å². The lowest BCUT2D eigenvalue weighted by Gasteiger charge is -2.36. The number of ether oxygens (including phenoxy) is 1. The van der Waals surface area contributed by atoms with Crippen LogP contribution in [0.25, 0.3) is 0 Å². The molecule has 1 amide bonds. The number of alkyl carbamates (subject to hydrolysis) is 1. The third kappa shape index (κ3) is 4.08. The van der Waals surface area contributed by atoms with E-state index in [1.165, 1.54) is 0 Å². The molecule has 1 saturated carbocycles. The zero-order chi connectivity index (χ0) is 12.3. The van der Waals surface area contributed by atoms with Gasteiger partial charge in [0, 0.05) is 6.04 Å². The van der Waals surface area contributed by atoms with Crippen LogP contribution in [0.3, 0.4) is 0 Å². The summed E-state index contributed by atoms with van der Waals surface area (Å²) in [6, 6.07) is -0.0500. The van der Waals surface area contributed by atoms with E-state index in [2.05, 4.69) is 5.32 Å². The first-order valence-electron chi connectivity index (χ1n) is 5.49. The van der Waals surface area contributed by atoms with Crippen molar-refractivity contribution >= 4 is 12.1 Å². The van der Waals surface area contributed by atoms with E-state index in [-0.39, 0.29) is 18.4 Å². The maximum atomic E-state index is 11.4. The van der Waals surface area contributed by atoms with Gasteiger partial charge in [-0.25, -0.2) is 4.79 Å². The number of rotatable bonds is 3. The van der Waals surface area contributed by atoms with Gasteiger partial charge in [-0.1, -0.05) is 0 Å². The second kappa shape index (κ2) is 4.72. The van der Waals surface area contributed by atoms with Crippen molar-refractivity contribution in [3.63, 3.8) is 0 Å². The van der Waals surface area contributed by atoms with Gasteiger partial charge in [-0.15, -0.1) is 0 Å². The van der Waals surface area contributed by atoms with Crippen LogP contribution in [-0.4, -0.2) is 28.8 Å². The number of amides is 1. The number of carboxylic acids is 1. The minimum atomic E-state index is -0.819. The molecule has 92 valence electrons. The maximum absolute atomic E-state index is 11.4. The first-order valence-corrected chi connectivity index (χ1v) is 5.49. The van der Waals surface area contributed by atoms with Crippen molar-refractivity contribution in [1.82, 2.24) is 5.32 Å². The van der Waals surface area contributed by atoms with E-state index in [1.54, 1.807) is 20.8 Å². The molecule has 1 aliphatic rings. The quantitative estimate of drug-likeness (QED) is 0.773. The molecule has 2 N–H and O–H groups in total. The predicted octanol–water partition coefficient (Wildman–Crippen LogP) is 1.76. The molecule has 1 aliphatic carbocycles. The molecule has 2 atom stereocenters. The highest BCUT2D eigenvalue weighted by Crippen LogP contribution is 2.30. The summed E-state index contributed by atoms with van der Waals surface area (Å²) in [6.07, 6.45) is 1.33. The molecule has 5 heteroatoms. The van der Waals surface area contributed by atoms with Crippen LogP contribution >= 0.6 is 0 Å². The van der Waals surface area contributed by atoms with Crippen molar-refractivity contribution in [2.75, 3.05) is 0 Å². The molecular weight excluding hydrogens is 210 g/mol. The van der Waals surface area contributed by atoms with Gasteiger partial charge in [0.2, 0.25) is 0 Å². The van der Waals surface area contributed by atoms with Gasteiger partial charge in [-0.2, -0.15) is 0 Å². The molecule has 0 aromatic heterocycles. The lowest BCUT2D eigenvalue weighted by Crippen LogP contribution is -2.48. The van der Waals surface area contributed by atoms with E-state index < -0.39 is 17.7 Å². The van der Waals surface area contributed by atoms with Crippen molar-refractivity contribution in [3.05, 3.63) is 0 Å². The Kier molecular flexibility index (Phi) is 3.78. The van der Waals surface area contributed by atoms with E-state index in [1.807, 2.05) is 0 Å². The van der Waals surface area contributed by atoms with Crippen molar-refractivity contribution in [2.24, 2.45) is 5.92 Å². The summed E-state index contributed by atoms with van der Waals surface area (Å²) in [7, 11) is 0. The van der Waals surface area contributed by atoms with Gasteiger partial charge in [-0.05, 0) is 39.5 Å². The summed E-state index contributed by atoms with van der Waals surface area (Å²) in [6.45, 7) is 5.38. The first kappa shape index (κ1) is 12.8. The van der Waals surface area contributed by atoms with Crippen molar-refractivity contribution < 1.29 is 19.4 Å². The van der Waals surface area contributed by atoms with Crippen molar-refractivity contribution in [1.29, 1.82) is 0 Å². The summed E-state index contributed by atoms with van der Waals surface area (Å²) in [5.41, 5.74) is -0.518. The van der Waals surface area contributed by atoms with E-state index >= 15 is 0 Å². The average molecular weight is 229 g/mol. The molecule has 0 aromatic carbocycles. The Hall–Kier alpha value is -1.26. The van der Waals surface area contributed by atoms with Gasteiger partial charge in [0.05, 0.1) is 6.42 Å². The number of hydrogen-bond acceptors (Lipinski definition) is 3. The van der Waals surface area contributed by atoms with E-state index in [0.29, 0.717) is 0 Å². The Bertz CT molecular complexity index is 282. The van der Waals surface area contributed by atoms with Gasteiger partial charge in [0.1, 0.15) is 5.60 Å². The molecule has 5 nitrogen and oxygen atoms in total. The van der Waals surface area contributed by atoms with Crippen LogP contribution in [0.1, 0.15) is 40.0 Å². The van der Waals surface area contributed by atoms with Crippen LogP contribution in [0.15, 0.2) is 0 Å². The molecule has 0 saturated heterocycles. The lowest BCUT2D eigenvalue weighted by molar-refractivity contribution is -0.139. The Labute approximate surface area is 95.2 Å². The highest BCUT2D eigenvalue weighted by molar-refractivity contribution is 5.69. The first-order chi connectivity index (χ1) is 7.28. The van der Waals surface area contributed by atoms with Crippen LogP contribution in [0.2, 0.25) is 0 Å². The van der Waals surface area contributed by atoms with Crippen molar-refractivity contribution in [3.8, 4) is 0 Å². The Morgan fingerprint density at radius 3 is 2.38 bits per heavy atom. The number of carbonyl (C=O) groups is 2. The summed E-state index contributed by atoms with van der Waals surface area (Å²) in [5.74, 6) is -0.772. The summed E-state index contributed by atoms with van der Waals surface area (Å²) < 4.78 is 5.10. The molecule has 0 bridgehead atoms. The normalized spacial score (nSPS) is 24.4. The molecular formula is C11H19NO4. The summed E-state index contributed by atoms with van der Waals surface area (Å²) in [5, 5.41) is 11.3. The van der Waals surface area contributed by atoms with Gasteiger partial charge >= 0.3 is 12.1 Å². The van der Waals surface area contributed by atoms with Crippen LogP contribution in [0, 0.1) is 5.92 Å². The SMILES string of the molecule is CC(C)(C)OC(=O)N[C@@H]1CC[C@@H]1CC(=O)O. The van der Waals surface area contributed by atoms with E-state index in [9.17, 15) is 9.59 Å². The van der Waals surface area contributed by atoms with Crippen LogP contribution in [0.4, 0.5) is 4.79 Å². The van der Waals surface area contributed by atoms with Gasteiger partial charge in [-0.3, -0.25) is 4.79 Å². The smallest absolute Gasteiger partial charge is 0.407 e. The molecule has 0 aliphatic heterocycles. The largest absolute Gasteiger partial charge is 0.481 e. The minimum absolute atomic E-state index is 0.0463. The standard InChI is InChI=1S/C11H19NO4/c1-11(2,3)16-10(15)12-8-5-4-7(8)6-9(13)14/h7-8H,4-6H2,1-3H3,(H,12,15)(H,13,14)/t7-,8-/m1/s1. The van der Waals surface area contributed by atoms with E-state index in [4.69, 9.17) is 9.84 Å². The number of carbonyl (C=O) groups excluding carboxylic acids is 1. The van der Waals surface area contributed by atoms with Crippen LogP contribution in [-0.2, 0) is 9.53 Å². The summed E-state index contributed by atoms with van der Waals surface area (Å²) in [4.78, 5) is 21.9. The van der Waals surface area contributed by atoms with Crippen LogP contribution < -0.4 is 5.32 Å². The monoisotopic (exact) mass is 229 g/mol. The van der Waals surface area contributed by atoms with E-state index in [0.717, 1.165) is 12.8 Å². The third-order valence-electron chi connectivity index (χ3n) is 2.56. The summed E-state index contributed by atoms with van der Waals surface area (Å²) >= 11 is 0. The Morgan fingerprint density at radius 2 is 2.00 bits per heavy atom. The Morgan fingerprint density at radius 1 is 1.38 bits per heavy atom. The maximum Gasteiger partial charge on any atom is 0.407 e. The fourth-order valence-corrected chi connectivity index (χ4v) is 1.69. The van der Waals surface area contributed by atoms with Crippen LogP contribution in [0.5, 0.6) is 0 Å². The fraction of sp³-hybridized carbons (Fsp3) is 0.818. The molecule has 16 heavy (non-hydrogen) atoms. The van der Waals surface area contributed by atoms with Gasteiger partial charge in [0.25, 0.3) is 0 Å². The molecule has 0 aromatic rings. The second-order valence-electron chi connectivity index (χ2n) is 5.19. The third-order valence-corrected chi connectivity index (χ3v) is 2.56.